The number of piperidine rings is 1. The number of carbonyl (C=O) groups excluding carboxylic acids is 1. The molecular weight excluding hydrogens is 242 g/mol. The van der Waals surface area contributed by atoms with E-state index >= 15 is 0 Å². The van der Waals surface area contributed by atoms with Crippen molar-refractivity contribution in [3.8, 4) is 0 Å². The monoisotopic (exact) mass is 261 g/mol. The molecule has 2 bridgehead atoms. The van der Waals surface area contributed by atoms with Crippen LogP contribution >= 0.6 is 0 Å². The zero-order valence-corrected chi connectivity index (χ0v) is 10.7. The Balaban J connectivity index is 1.88. The van der Waals surface area contributed by atoms with Crippen LogP contribution in [0.15, 0.2) is 18.2 Å². The van der Waals surface area contributed by atoms with Crippen LogP contribution in [-0.2, 0) is 0 Å². The Morgan fingerprint density at radius 3 is 2.42 bits per heavy atom. The van der Waals surface area contributed by atoms with Crippen LogP contribution in [0.1, 0.15) is 36.0 Å². The minimum atomic E-state index is -0.273. The van der Waals surface area contributed by atoms with Gasteiger partial charge in [-0.25, -0.2) is 0 Å². The summed E-state index contributed by atoms with van der Waals surface area (Å²) in [5.74, 6) is -0.0306. The average molecular weight is 261 g/mol. The van der Waals surface area contributed by atoms with Gasteiger partial charge in [0.15, 0.2) is 0 Å². The Labute approximate surface area is 112 Å². The molecule has 19 heavy (non-hydrogen) atoms. The zero-order chi connectivity index (χ0) is 13.6. The first-order valence-electron chi connectivity index (χ1n) is 6.72. The Kier molecular flexibility index (Phi) is 2.86. The number of nitrogens with two attached hydrogens (primary N) is 2. The highest BCUT2D eigenvalue weighted by atomic mass is 16.3. The van der Waals surface area contributed by atoms with Crippen molar-refractivity contribution in [2.45, 2.75) is 43.9 Å². The second kappa shape index (κ2) is 4.42. The molecule has 5 N–H and O–H groups in total. The van der Waals surface area contributed by atoms with Crippen molar-refractivity contribution in [2.24, 2.45) is 0 Å². The SMILES string of the molecule is Nc1ccc(C(=O)N2C3CCC2CC(O)C3)c(N)c1. The molecule has 0 radical (unpaired) electrons. The van der Waals surface area contributed by atoms with Crippen LogP contribution in [0.2, 0.25) is 0 Å². The lowest BCUT2D eigenvalue weighted by Gasteiger charge is -2.37. The maximum Gasteiger partial charge on any atom is 0.256 e. The smallest absolute Gasteiger partial charge is 0.256 e. The lowest BCUT2D eigenvalue weighted by molar-refractivity contribution is 0.0288. The van der Waals surface area contributed by atoms with E-state index in [0.29, 0.717) is 29.8 Å². The van der Waals surface area contributed by atoms with E-state index in [9.17, 15) is 9.90 Å². The Morgan fingerprint density at radius 1 is 1.21 bits per heavy atom. The first-order chi connectivity index (χ1) is 9.06. The molecule has 2 fully saturated rings. The van der Waals surface area contributed by atoms with Gasteiger partial charge in [-0.05, 0) is 43.9 Å². The number of hydrogen-bond donors (Lipinski definition) is 3. The van der Waals surface area contributed by atoms with E-state index in [1.807, 2.05) is 4.90 Å². The molecule has 3 rings (SSSR count). The van der Waals surface area contributed by atoms with Gasteiger partial charge in [-0.3, -0.25) is 4.79 Å². The predicted octanol–water partition coefficient (Wildman–Crippen LogP) is 0.979. The maximum absolute atomic E-state index is 12.6. The number of nitrogens with zero attached hydrogens (tertiary/aromatic N) is 1. The minimum absolute atomic E-state index is 0.0306. The molecule has 2 saturated heterocycles. The summed E-state index contributed by atoms with van der Waals surface area (Å²) in [6.07, 6.45) is 3.03. The second-order valence-electron chi connectivity index (χ2n) is 5.57. The number of amides is 1. The molecule has 0 aromatic heterocycles. The van der Waals surface area contributed by atoms with Crippen LogP contribution in [0.25, 0.3) is 0 Å². The number of fused-ring (bicyclic) bond motifs is 2. The third-order valence-corrected chi connectivity index (χ3v) is 4.25. The molecule has 5 heteroatoms. The van der Waals surface area contributed by atoms with Crippen molar-refractivity contribution in [2.75, 3.05) is 11.5 Å². The normalized spacial score (nSPS) is 29.5. The third kappa shape index (κ3) is 2.04. The largest absolute Gasteiger partial charge is 0.399 e. The van der Waals surface area contributed by atoms with Gasteiger partial charge in [0.1, 0.15) is 0 Å². The number of hydrogen-bond acceptors (Lipinski definition) is 4. The van der Waals surface area contributed by atoms with E-state index < -0.39 is 0 Å². The van der Waals surface area contributed by atoms with Crippen LogP contribution in [0, 0.1) is 0 Å². The fourth-order valence-corrected chi connectivity index (χ4v) is 3.39. The van der Waals surface area contributed by atoms with Gasteiger partial charge in [0.2, 0.25) is 0 Å². The molecule has 0 spiro atoms. The lowest BCUT2D eigenvalue weighted by atomic mass is 9.98. The topological polar surface area (TPSA) is 92.6 Å². The van der Waals surface area contributed by atoms with Crippen LogP contribution in [0.3, 0.4) is 0 Å². The molecule has 1 aromatic rings. The summed E-state index contributed by atoms with van der Waals surface area (Å²) in [6.45, 7) is 0. The van der Waals surface area contributed by atoms with Crippen LogP contribution < -0.4 is 11.5 Å². The van der Waals surface area contributed by atoms with E-state index in [4.69, 9.17) is 11.5 Å². The summed E-state index contributed by atoms with van der Waals surface area (Å²) in [7, 11) is 0. The number of aliphatic hydroxyl groups excluding tert-OH is 1. The van der Waals surface area contributed by atoms with Crippen LogP contribution in [-0.4, -0.2) is 34.1 Å². The van der Waals surface area contributed by atoms with Gasteiger partial charge in [0.25, 0.3) is 5.91 Å². The molecule has 2 heterocycles. The highest BCUT2D eigenvalue weighted by Gasteiger charge is 2.43. The second-order valence-corrected chi connectivity index (χ2v) is 5.57. The molecule has 2 atom stereocenters. The molecular formula is C14H19N3O2. The Hall–Kier alpha value is -1.75. The van der Waals surface area contributed by atoms with Crippen LogP contribution in [0.4, 0.5) is 11.4 Å². The van der Waals surface area contributed by atoms with Gasteiger partial charge in [-0.15, -0.1) is 0 Å². The molecule has 1 aromatic carbocycles. The van der Waals surface area contributed by atoms with Gasteiger partial charge in [0, 0.05) is 23.5 Å². The van der Waals surface area contributed by atoms with Crippen molar-refractivity contribution < 1.29 is 9.90 Å². The molecule has 2 unspecified atom stereocenters. The molecule has 5 nitrogen and oxygen atoms in total. The first kappa shape index (κ1) is 12.3. The summed E-state index contributed by atoms with van der Waals surface area (Å²) in [6, 6.07) is 5.31. The molecule has 102 valence electrons. The molecule has 2 aliphatic heterocycles. The number of aliphatic hydroxyl groups is 1. The number of benzene rings is 1. The van der Waals surface area contributed by atoms with E-state index in [2.05, 4.69) is 0 Å². The van der Waals surface area contributed by atoms with Gasteiger partial charge >= 0.3 is 0 Å². The molecule has 1 amide bonds. The van der Waals surface area contributed by atoms with Gasteiger partial charge < -0.3 is 21.5 Å². The van der Waals surface area contributed by atoms with E-state index in [1.54, 1.807) is 18.2 Å². The number of carbonyl (C=O) groups is 1. The van der Waals surface area contributed by atoms with Crippen molar-refractivity contribution in [3.63, 3.8) is 0 Å². The molecule has 0 saturated carbocycles. The number of nitrogen functional groups attached to an aromatic ring is 2. The summed E-state index contributed by atoms with van der Waals surface area (Å²) < 4.78 is 0. The molecule has 2 aliphatic rings. The van der Waals surface area contributed by atoms with E-state index in [0.717, 1.165) is 12.8 Å². The standard InChI is InChI=1S/C14H19N3O2/c15-8-1-4-12(13(16)5-8)14(19)17-9-2-3-10(17)7-11(18)6-9/h1,4-5,9-11,18H,2-3,6-7,15-16H2. The van der Waals surface area contributed by atoms with Gasteiger partial charge in [-0.2, -0.15) is 0 Å². The summed E-state index contributed by atoms with van der Waals surface area (Å²) in [4.78, 5) is 14.5. The van der Waals surface area contributed by atoms with Gasteiger partial charge in [0.05, 0.1) is 11.7 Å². The highest BCUT2D eigenvalue weighted by molar-refractivity contribution is 6.00. The quantitative estimate of drug-likeness (QED) is 0.657. The summed E-state index contributed by atoms with van der Waals surface area (Å²) in [5.41, 5.74) is 13.0. The summed E-state index contributed by atoms with van der Waals surface area (Å²) >= 11 is 0. The van der Waals surface area contributed by atoms with Crippen molar-refractivity contribution in [1.29, 1.82) is 0 Å². The zero-order valence-electron chi connectivity index (χ0n) is 10.7. The first-order valence-corrected chi connectivity index (χ1v) is 6.72. The fraction of sp³-hybridized carbons (Fsp3) is 0.500. The van der Waals surface area contributed by atoms with E-state index in [1.165, 1.54) is 0 Å². The third-order valence-electron chi connectivity index (χ3n) is 4.25. The van der Waals surface area contributed by atoms with Gasteiger partial charge in [-0.1, -0.05) is 0 Å². The summed E-state index contributed by atoms with van der Waals surface area (Å²) in [5, 5.41) is 9.77. The fourth-order valence-electron chi connectivity index (χ4n) is 3.39. The highest BCUT2D eigenvalue weighted by Crippen LogP contribution is 2.37. The maximum atomic E-state index is 12.6. The van der Waals surface area contributed by atoms with Crippen molar-refractivity contribution in [3.05, 3.63) is 23.8 Å². The lowest BCUT2D eigenvalue weighted by Crippen LogP contribution is -2.48. The predicted molar refractivity (Wildman–Crippen MR) is 73.5 cm³/mol. The number of anilines is 2. The van der Waals surface area contributed by atoms with E-state index in [-0.39, 0.29) is 24.1 Å². The molecule has 0 aliphatic carbocycles. The van der Waals surface area contributed by atoms with Crippen LogP contribution in [0.5, 0.6) is 0 Å². The average Bonchev–Trinajstić information content (AvgIpc) is 2.61. The Bertz CT molecular complexity index is 503. The minimum Gasteiger partial charge on any atom is -0.399 e. The van der Waals surface area contributed by atoms with Crippen molar-refractivity contribution >= 4 is 17.3 Å². The Morgan fingerprint density at radius 2 is 1.84 bits per heavy atom. The number of rotatable bonds is 1. The van der Waals surface area contributed by atoms with Crippen molar-refractivity contribution in [1.82, 2.24) is 4.90 Å².